The average Bonchev–Trinajstić information content (AvgIpc) is 2.60. The van der Waals surface area contributed by atoms with E-state index in [9.17, 15) is 9.59 Å². The van der Waals surface area contributed by atoms with Gasteiger partial charge in [-0.25, -0.2) is 9.37 Å². The molecule has 2 aromatic rings. The van der Waals surface area contributed by atoms with Gasteiger partial charge in [0.15, 0.2) is 5.78 Å². The maximum Gasteiger partial charge on any atom is 0.218 e. The van der Waals surface area contributed by atoms with Crippen LogP contribution in [0, 0.1) is 5.82 Å². The number of halogens is 2. The highest BCUT2D eigenvalue weighted by Crippen LogP contribution is 2.29. The topological polar surface area (TPSA) is 111 Å². The second-order valence-corrected chi connectivity index (χ2v) is 6.16. The van der Waals surface area contributed by atoms with E-state index in [1.165, 1.54) is 30.5 Å². The van der Waals surface area contributed by atoms with E-state index in [0.717, 1.165) is 0 Å². The van der Waals surface area contributed by atoms with Gasteiger partial charge in [-0.15, -0.1) is 0 Å². The quantitative estimate of drug-likeness (QED) is 0.611. The Morgan fingerprint density at radius 3 is 2.62 bits per heavy atom. The lowest BCUT2D eigenvalue weighted by Crippen LogP contribution is -2.27. The molecule has 1 aromatic heterocycles. The van der Waals surface area contributed by atoms with Crippen molar-refractivity contribution in [1.82, 2.24) is 10.3 Å². The highest BCUT2D eigenvalue weighted by Gasteiger charge is 2.24. The van der Waals surface area contributed by atoms with Crippen LogP contribution in [0.3, 0.4) is 0 Å². The molecule has 1 aromatic carbocycles. The predicted octanol–water partition coefficient (Wildman–Crippen LogP) is 2.60. The van der Waals surface area contributed by atoms with Crippen molar-refractivity contribution < 1.29 is 14.0 Å². The first-order valence-corrected chi connectivity index (χ1v) is 8.48. The van der Waals surface area contributed by atoms with E-state index >= 15 is 4.39 Å². The molecule has 6 nitrogen and oxygen atoms in total. The molecule has 0 fully saturated rings. The number of aromatic nitrogens is 1. The number of rotatable bonds is 8. The van der Waals surface area contributed by atoms with Crippen molar-refractivity contribution in [3.8, 4) is 0 Å². The van der Waals surface area contributed by atoms with Gasteiger partial charge in [-0.1, -0.05) is 24.6 Å². The van der Waals surface area contributed by atoms with Crippen LogP contribution < -0.4 is 16.8 Å². The van der Waals surface area contributed by atoms with Crippen molar-refractivity contribution in [2.24, 2.45) is 5.73 Å². The van der Waals surface area contributed by atoms with Crippen LogP contribution in [0.2, 0.25) is 5.02 Å². The van der Waals surface area contributed by atoms with E-state index in [4.69, 9.17) is 23.1 Å². The van der Waals surface area contributed by atoms with Crippen LogP contribution in [0.4, 0.5) is 10.2 Å². The summed E-state index contributed by atoms with van der Waals surface area (Å²) in [4.78, 5) is 27.4. The molecule has 138 valence electrons. The van der Waals surface area contributed by atoms with Gasteiger partial charge in [0.05, 0.1) is 10.6 Å². The van der Waals surface area contributed by atoms with E-state index in [-0.39, 0.29) is 34.4 Å². The van der Waals surface area contributed by atoms with Crippen molar-refractivity contribution in [3.63, 3.8) is 0 Å². The highest BCUT2D eigenvalue weighted by molar-refractivity contribution is 6.35. The van der Waals surface area contributed by atoms with E-state index in [2.05, 4.69) is 10.3 Å². The standard InChI is InChI=1S/C18H20ClFN4O2/c1-2-13(23-8-7-15(22)25)11-4-5-12(19)16(17(11)20)18(26)10-3-6-14(21)24-9-10/h3-6,9,13,23H,2,7-8H2,1H3,(H2,21,24)(H2,22,25). The van der Waals surface area contributed by atoms with E-state index in [1.54, 1.807) is 0 Å². The van der Waals surface area contributed by atoms with Crippen LogP contribution in [0.1, 0.15) is 47.3 Å². The maximum atomic E-state index is 15.1. The van der Waals surface area contributed by atoms with Crippen molar-refractivity contribution in [1.29, 1.82) is 0 Å². The molecule has 0 aliphatic carbocycles. The van der Waals surface area contributed by atoms with Crippen LogP contribution in [0.15, 0.2) is 30.5 Å². The first-order chi connectivity index (χ1) is 12.3. The number of anilines is 1. The molecule has 0 bridgehead atoms. The van der Waals surface area contributed by atoms with Crippen molar-refractivity contribution in [2.45, 2.75) is 25.8 Å². The minimum absolute atomic E-state index is 0.0139. The third-order valence-electron chi connectivity index (χ3n) is 3.94. The average molecular weight is 379 g/mol. The lowest BCUT2D eigenvalue weighted by Gasteiger charge is -2.19. The Bertz CT molecular complexity index is 812. The molecule has 8 heteroatoms. The Labute approximate surface area is 155 Å². The van der Waals surface area contributed by atoms with Crippen molar-refractivity contribution in [2.75, 3.05) is 12.3 Å². The second kappa shape index (κ2) is 8.73. The van der Waals surface area contributed by atoms with Crippen LogP contribution in [0.5, 0.6) is 0 Å². The summed E-state index contributed by atoms with van der Waals surface area (Å²) in [5, 5.41) is 3.08. The van der Waals surface area contributed by atoms with Crippen molar-refractivity contribution in [3.05, 3.63) is 58.0 Å². The molecule has 0 saturated carbocycles. The summed E-state index contributed by atoms with van der Waals surface area (Å²) in [6.45, 7) is 2.17. The van der Waals surface area contributed by atoms with Gasteiger partial charge >= 0.3 is 0 Å². The smallest absolute Gasteiger partial charge is 0.218 e. The molecule has 1 atom stereocenters. The zero-order chi connectivity index (χ0) is 19.3. The molecule has 2 rings (SSSR count). The molecule has 0 spiro atoms. The van der Waals surface area contributed by atoms with Gasteiger partial charge in [-0.3, -0.25) is 9.59 Å². The number of hydrogen-bond donors (Lipinski definition) is 3. The van der Waals surface area contributed by atoms with Crippen LogP contribution in [0.25, 0.3) is 0 Å². The molecule has 0 aliphatic heterocycles. The monoisotopic (exact) mass is 378 g/mol. The molecular formula is C18H20ClFN4O2. The number of carbonyl (C=O) groups is 2. The lowest BCUT2D eigenvalue weighted by molar-refractivity contribution is -0.117. The number of benzene rings is 1. The molecule has 1 heterocycles. The summed E-state index contributed by atoms with van der Waals surface area (Å²) in [6.07, 6.45) is 1.96. The molecule has 1 amide bonds. The minimum atomic E-state index is -0.697. The number of nitrogens with zero attached hydrogens (tertiary/aromatic N) is 1. The Hall–Kier alpha value is -2.51. The number of nitrogen functional groups attached to an aromatic ring is 1. The number of primary amides is 1. The number of amides is 1. The van der Waals surface area contributed by atoms with Gasteiger partial charge in [0.2, 0.25) is 5.91 Å². The maximum absolute atomic E-state index is 15.1. The first-order valence-electron chi connectivity index (χ1n) is 8.11. The summed E-state index contributed by atoms with van der Waals surface area (Å²) in [7, 11) is 0. The Morgan fingerprint density at radius 1 is 1.31 bits per heavy atom. The lowest BCUT2D eigenvalue weighted by atomic mass is 9.96. The van der Waals surface area contributed by atoms with Crippen molar-refractivity contribution >= 4 is 29.1 Å². The fourth-order valence-electron chi connectivity index (χ4n) is 2.57. The third kappa shape index (κ3) is 4.56. The highest BCUT2D eigenvalue weighted by atomic mass is 35.5. The Kier molecular flexibility index (Phi) is 6.65. The number of nitrogens with one attached hydrogen (secondary N) is 1. The van der Waals surface area contributed by atoms with Gasteiger partial charge in [0.1, 0.15) is 11.6 Å². The first kappa shape index (κ1) is 19.8. The van der Waals surface area contributed by atoms with Crippen LogP contribution >= 0.6 is 11.6 Å². The largest absolute Gasteiger partial charge is 0.384 e. The Balaban J connectivity index is 2.36. The zero-order valence-electron chi connectivity index (χ0n) is 14.3. The molecule has 1 unspecified atom stereocenters. The summed E-state index contributed by atoms with van der Waals surface area (Å²) < 4.78 is 15.1. The molecule has 0 saturated heterocycles. The molecule has 5 N–H and O–H groups in total. The van der Waals surface area contributed by atoms with Gasteiger partial charge < -0.3 is 16.8 Å². The zero-order valence-corrected chi connectivity index (χ0v) is 15.0. The SMILES string of the molecule is CCC(NCCC(N)=O)c1ccc(Cl)c(C(=O)c2ccc(N)nc2)c1F. The fraction of sp³-hybridized carbons (Fsp3) is 0.278. The number of carbonyl (C=O) groups excluding carboxylic acids is 2. The fourth-order valence-corrected chi connectivity index (χ4v) is 2.81. The van der Waals surface area contributed by atoms with Crippen LogP contribution in [-0.4, -0.2) is 23.2 Å². The Morgan fingerprint density at radius 2 is 2.04 bits per heavy atom. The molecule has 26 heavy (non-hydrogen) atoms. The van der Waals surface area contributed by atoms with Gasteiger partial charge in [0.25, 0.3) is 0 Å². The molecule has 0 aliphatic rings. The van der Waals surface area contributed by atoms with Gasteiger partial charge in [-0.05, 0) is 24.6 Å². The van der Waals surface area contributed by atoms with E-state index < -0.39 is 17.5 Å². The predicted molar refractivity (Wildman–Crippen MR) is 98.3 cm³/mol. The number of ketones is 1. The van der Waals surface area contributed by atoms with E-state index in [0.29, 0.717) is 18.5 Å². The summed E-state index contributed by atoms with van der Waals surface area (Å²) in [5.41, 5.74) is 10.9. The van der Waals surface area contributed by atoms with Crippen LogP contribution in [-0.2, 0) is 4.79 Å². The normalized spacial score (nSPS) is 12.0. The molecule has 0 radical (unpaired) electrons. The number of pyridine rings is 1. The van der Waals surface area contributed by atoms with Gasteiger partial charge in [-0.2, -0.15) is 0 Å². The minimum Gasteiger partial charge on any atom is -0.384 e. The second-order valence-electron chi connectivity index (χ2n) is 5.76. The van der Waals surface area contributed by atoms with E-state index in [1.807, 2.05) is 6.92 Å². The van der Waals surface area contributed by atoms with Gasteiger partial charge in [0, 0.05) is 36.3 Å². The summed E-state index contributed by atoms with van der Waals surface area (Å²) in [5.74, 6) is -1.46. The number of hydrogen-bond acceptors (Lipinski definition) is 5. The summed E-state index contributed by atoms with van der Waals surface area (Å²) in [6, 6.07) is 5.55. The number of nitrogens with two attached hydrogens (primary N) is 2. The third-order valence-corrected chi connectivity index (χ3v) is 4.26. The molecular weight excluding hydrogens is 359 g/mol. The summed E-state index contributed by atoms with van der Waals surface area (Å²) >= 11 is 6.08.